The lowest BCUT2D eigenvalue weighted by molar-refractivity contribution is -0.115. The molecule has 3 aromatic rings. The SMILES string of the molecule is CCOc1ccc(CC(=O)Nc2nc(-c3ccncc3)cs2)cc1. The van der Waals surface area contributed by atoms with E-state index in [2.05, 4.69) is 15.3 Å². The van der Waals surface area contributed by atoms with Gasteiger partial charge in [0.2, 0.25) is 5.91 Å². The third kappa shape index (κ3) is 4.17. The zero-order valence-corrected chi connectivity index (χ0v) is 14.0. The van der Waals surface area contributed by atoms with E-state index in [1.54, 1.807) is 12.4 Å². The predicted molar refractivity (Wildman–Crippen MR) is 95.3 cm³/mol. The van der Waals surface area contributed by atoms with E-state index in [0.29, 0.717) is 18.2 Å². The van der Waals surface area contributed by atoms with Gasteiger partial charge in [0.1, 0.15) is 5.75 Å². The van der Waals surface area contributed by atoms with Crippen molar-refractivity contribution >= 4 is 22.4 Å². The molecule has 2 heterocycles. The third-order valence-corrected chi connectivity index (χ3v) is 4.08. The number of ether oxygens (including phenoxy) is 1. The molecular weight excluding hydrogens is 322 g/mol. The van der Waals surface area contributed by atoms with E-state index >= 15 is 0 Å². The van der Waals surface area contributed by atoms with Crippen LogP contribution in [0.4, 0.5) is 5.13 Å². The van der Waals surface area contributed by atoms with Gasteiger partial charge < -0.3 is 10.1 Å². The lowest BCUT2D eigenvalue weighted by Gasteiger charge is -2.05. The number of nitrogens with zero attached hydrogens (tertiary/aromatic N) is 2. The van der Waals surface area contributed by atoms with E-state index in [0.717, 1.165) is 22.6 Å². The number of aromatic nitrogens is 2. The van der Waals surface area contributed by atoms with Crippen LogP contribution in [0.3, 0.4) is 0 Å². The molecular formula is C18H17N3O2S. The van der Waals surface area contributed by atoms with Crippen LogP contribution < -0.4 is 10.1 Å². The predicted octanol–water partition coefficient (Wildman–Crippen LogP) is 3.79. The normalized spacial score (nSPS) is 10.4. The third-order valence-electron chi connectivity index (χ3n) is 3.33. The second-order valence-electron chi connectivity index (χ2n) is 5.08. The fourth-order valence-electron chi connectivity index (χ4n) is 2.21. The number of carbonyl (C=O) groups excluding carboxylic acids is 1. The molecule has 0 fully saturated rings. The minimum absolute atomic E-state index is 0.0882. The molecule has 0 bridgehead atoms. The Balaban J connectivity index is 1.60. The van der Waals surface area contributed by atoms with Gasteiger partial charge in [0.05, 0.1) is 18.7 Å². The Hall–Kier alpha value is -2.73. The molecule has 1 aromatic carbocycles. The summed E-state index contributed by atoms with van der Waals surface area (Å²) in [5.41, 5.74) is 2.74. The van der Waals surface area contributed by atoms with Gasteiger partial charge in [-0.3, -0.25) is 9.78 Å². The molecule has 5 nitrogen and oxygen atoms in total. The molecule has 1 amide bonds. The van der Waals surface area contributed by atoms with E-state index in [1.165, 1.54) is 11.3 Å². The number of thiazole rings is 1. The smallest absolute Gasteiger partial charge is 0.230 e. The fourth-order valence-corrected chi connectivity index (χ4v) is 2.94. The summed E-state index contributed by atoms with van der Waals surface area (Å²) in [7, 11) is 0. The van der Waals surface area contributed by atoms with Crippen molar-refractivity contribution in [3.05, 3.63) is 59.7 Å². The van der Waals surface area contributed by atoms with Crippen molar-refractivity contribution in [2.45, 2.75) is 13.3 Å². The summed E-state index contributed by atoms with van der Waals surface area (Å²) in [6.07, 6.45) is 3.74. The average Bonchev–Trinajstić information content (AvgIpc) is 3.06. The zero-order valence-electron chi connectivity index (χ0n) is 13.2. The van der Waals surface area contributed by atoms with Gasteiger partial charge >= 0.3 is 0 Å². The van der Waals surface area contributed by atoms with Gasteiger partial charge in [-0.25, -0.2) is 4.98 Å². The summed E-state index contributed by atoms with van der Waals surface area (Å²) in [5.74, 6) is 0.721. The molecule has 6 heteroatoms. The highest BCUT2D eigenvalue weighted by Crippen LogP contribution is 2.24. The van der Waals surface area contributed by atoms with E-state index in [9.17, 15) is 4.79 Å². The zero-order chi connectivity index (χ0) is 16.8. The van der Waals surface area contributed by atoms with Gasteiger partial charge in [-0.15, -0.1) is 11.3 Å². The minimum Gasteiger partial charge on any atom is -0.494 e. The number of pyridine rings is 1. The topological polar surface area (TPSA) is 64.1 Å². The lowest BCUT2D eigenvalue weighted by atomic mass is 10.1. The number of anilines is 1. The summed E-state index contributed by atoms with van der Waals surface area (Å²) < 4.78 is 5.39. The van der Waals surface area contributed by atoms with Crippen LogP contribution in [0, 0.1) is 0 Å². The first-order valence-corrected chi connectivity index (χ1v) is 8.50. The highest BCUT2D eigenvalue weighted by atomic mass is 32.1. The van der Waals surface area contributed by atoms with E-state index in [-0.39, 0.29) is 5.91 Å². The van der Waals surface area contributed by atoms with Gasteiger partial charge in [0, 0.05) is 23.3 Å². The number of hydrogen-bond acceptors (Lipinski definition) is 5. The van der Waals surface area contributed by atoms with Crippen LogP contribution in [0.1, 0.15) is 12.5 Å². The molecule has 0 unspecified atom stereocenters. The molecule has 2 aromatic heterocycles. The Morgan fingerprint density at radius 3 is 2.62 bits per heavy atom. The van der Waals surface area contributed by atoms with Crippen LogP contribution in [0.5, 0.6) is 5.75 Å². The number of nitrogens with one attached hydrogen (secondary N) is 1. The molecule has 122 valence electrons. The fraction of sp³-hybridized carbons (Fsp3) is 0.167. The Bertz CT molecular complexity index is 801. The number of benzene rings is 1. The molecule has 0 atom stereocenters. The van der Waals surface area contributed by atoms with Crippen LogP contribution in [-0.2, 0) is 11.2 Å². The van der Waals surface area contributed by atoms with Crippen molar-refractivity contribution in [1.29, 1.82) is 0 Å². The summed E-state index contributed by atoms with van der Waals surface area (Å²) >= 11 is 1.41. The van der Waals surface area contributed by atoms with Gasteiger partial charge in [-0.2, -0.15) is 0 Å². The second kappa shape index (κ2) is 7.70. The summed E-state index contributed by atoms with van der Waals surface area (Å²) in [6.45, 7) is 2.57. The lowest BCUT2D eigenvalue weighted by Crippen LogP contribution is -2.14. The summed E-state index contributed by atoms with van der Waals surface area (Å²) in [4.78, 5) is 20.6. The van der Waals surface area contributed by atoms with Crippen LogP contribution in [0.25, 0.3) is 11.3 Å². The van der Waals surface area contributed by atoms with Crippen molar-refractivity contribution in [3.63, 3.8) is 0 Å². The van der Waals surface area contributed by atoms with E-state index in [1.807, 2.05) is 48.7 Å². The summed E-state index contributed by atoms with van der Waals surface area (Å²) in [6, 6.07) is 11.3. The van der Waals surface area contributed by atoms with Gasteiger partial charge in [0.25, 0.3) is 0 Å². The molecule has 1 N–H and O–H groups in total. The average molecular weight is 339 g/mol. The number of hydrogen-bond donors (Lipinski definition) is 1. The number of amides is 1. The van der Waals surface area contributed by atoms with Crippen molar-refractivity contribution in [1.82, 2.24) is 9.97 Å². The van der Waals surface area contributed by atoms with E-state index in [4.69, 9.17) is 4.74 Å². The van der Waals surface area contributed by atoms with Gasteiger partial charge in [0.15, 0.2) is 5.13 Å². The molecule has 24 heavy (non-hydrogen) atoms. The Kier molecular flexibility index (Phi) is 5.18. The maximum atomic E-state index is 12.2. The van der Waals surface area contributed by atoms with Crippen LogP contribution in [-0.4, -0.2) is 22.5 Å². The largest absolute Gasteiger partial charge is 0.494 e. The maximum absolute atomic E-state index is 12.2. The van der Waals surface area contributed by atoms with Crippen LogP contribution in [0.15, 0.2) is 54.2 Å². The highest BCUT2D eigenvalue weighted by molar-refractivity contribution is 7.14. The maximum Gasteiger partial charge on any atom is 0.230 e. The molecule has 0 radical (unpaired) electrons. The Morgan fingerprint density at radius 2 is 1.92 bits per heavy atom. The Labute approximate surface area is 144 Å². The minimum atomic E-state index is -0.0882. The molecule has 0 aliphatic carbocycles. The van der Waals surface area contributed by atoms with Gasteiger partial charge in [-0.05, 0) is 36.8 Å². The number of carbonyl (C=O) groups is 1. The first kappa shape index (κ1) is 16.1. The first-order chi connectivity index (χ1) is 11.7. The van der Waals surface area contributed by atoms with Crippen LogP contribution >= 0.6 is 11.3 Å². The van der Waals surface area contributed by atoms with Crippen molar-refractivity contribution in [2.24, 2.45) is 0 Å². The monoisotopic (exact) mass is 339 g/mol. The first-order valence-electron chi connectivity index (χ1n) is 7.62. The highest BCUT2D eigenvalue weighted by Gasteiger charge is 2.09. The quantitative estimate of drug-likeness (QED) is 0.742. The van der Waals surface area contributed by atoms with Crippen LogP contribution in [0.2, 0.25) is 0 Å². The second-order valence-corrected chi connectivity index (χ2v) is 5.93. The standard InChI is InChI=1S/C18H17N3O2S/c1-2-23-15-5-3-13(4-6-15)11-17(22)21-18-20-16(12-24-18)14-7-9-19-10-8-14/h3-10,12H,2,11H2,1H3,(H,20,21,22). The molecule has 0 saturated heterocycles. The molecule has 0 aliphatic rings. The van der Waals surface area contributed by atoms with Crippen molar-refractivity contribution in [2.75, 3.05) is 11.9 Å². The van der Waals surface area contributed by atoms with Crippen molar-refractivity contribution in [3.8, 4) is 17.0 Å². The molecule has 0 spiro atoms. The molecule has 0 aliphatic heterocycles. The number of rotatable bonds is 6. The van der Waals surface area contributed by atoms with Gasteiger partial charge in [-0.1, -0.05) is 12.1 Å². The van der Waals surface area contributed by atoms with E-state index < -0.39 is 0 Å². The van der Waals surface area contributed by atoms with Crippen molar-refractivity contribution < 1.29 is 9.53 Å². The molecule has 3 rings (SSSR count). The summed E-state index contributed by atoms with van der Waals surface area (Å²) in [5, 5.41) is 5.36. The Morgan fingerprint density at radius 1 is 1.17 bits per heavy atom. The molecule has 0 saturated carbocycles.